The van der Waals surface area contributed by atoms with Crippen LogP contribution in [-0.2, 0) is 6.42 Å². The second kappa shape index (κ2) is 4.21. The lowest BCUT2D eigenvalue weighted by Crippen LogP contribution is -2.03. The number of hydrogen-bond acceptors (Lipinski definition) is 5. The monoisotopic (exact) mass is 246 g/mol. The molecule has 18 heavy (non-hydrogen) atoms. The number of fused-ring (bicyclic) bond motifs is 1. The quantitative estimate of drug-likeness (QED) is 0.888. The zero-order valence-electron chi connectivity index (χ0n) is 10.1. The molecule has 0 saturated carbocycles. The molecule has 94 valence electrons. The highest BCUT2D eigenvalue weighted by Crippen LogP contribution is 2.34. The van der Waals surface area contributed by atoms with Crippen molar-refractivity contribution in [2.45, 2.75) is 19.8 Å². The van der Waals surface area contributed by atoms with Gasteiger partial charge in [0, 0.05) is 6.07 Å². The van der Waals surface area contributed by atoms with Gasteiger partial charge in [0.25, 0.3) is 0 Å². The Hall–Kier alpha value is -2.24. The summed E-state index contributed by atoms with van der Waals surface area (Å²) in [6, 6.07) is 5.67. The summed E-state index contributed by atoms with van der Waals surface area (Å²) in [7, 11) is 0. The highest BCUT2D eigenvalue weighted by molar-refractivity contribution is 5.51. The molecule has 6 nitrogen and oxygen atoms in total. The topological polar surface area (TPSA) is 75.2 Å². The first kappa shape index (κ1) is 10.9. The molecule has 0 atom stereocenters. The minimum absolute atomic E-state index is 0.264. The van der Waals surface area contributed by atoms with Crippen LogP contribution in [0.15, 0.2) is 18.2 Å². The number of hydrogen-bond donors (Lipinski definition) is 1. The summed E-state index contributed by atoms with van der Waals surface area (Å²) in [5.74, 6) is 1.96. The van der Waals surface area contributed by atoms with Crippen LogP contribution in [0, 0.1) is 0 Å². The van der Waals surface area contributed by atoms with E-state index in [0.717, 1.165) is 35.7 Å². The van der Waals surface area contributed by atoms with Crippen molar-refractivity contribution < 1.29 is 9.47 Å². The summed E-state index contributed by atoms with van der Waals surface area (Å²) in [5.41, 5.74) is 7.64. The molecule has 0 bridgehead atoms. The average molecular weight is 246 g/mol. The Morgan fingerprint density at radius 3 is 3.00 bits per heavy atom. The van der Waals surface area contributed by atoms with Crippen molar-refractivity contribution in [3.8, 4) is 17.2 Å². The maximum absolute atomic E-state index is 5.83. The standard InChI is InChI=1S/C12H14N4O2/c1-2-3-9-12(13)14-15-16(9)8-4-5-10-11(6-8)18-7-17-10/h4-6H,2-3,7,13H2,1H3. The third kappa shape index (κ3) is 1.66. The maximum Gasteiger partial charge on any atom is 0.231 e. The minimum Gasteiger partial charge on any atom is -0.454 e. The normalized spacial score (nSPS) is 12.9. The van der Waals surface area contributed by atoms with Crippen LogP contribution in [0.4, 0.5) is 5.82 Å². The number of nitrogen functional groups attached to an aromatic ring is 1. The molecule has 1 aliphatic rings. The van der Waals surface area contributed by atoms with Crippen molar-refractivity contribution >= 4 is 5.82 Å². The molecule has 2 N–H and O–H groups in total. The van der Waals surface area contributed by atoms with Crippen molar-refractivity contribution in [3.05, 3.63) is 23.9 Å². The minimum atomic E-state index is 0.264. The van der Waals surface area contributed by atoms with E-state index in [0.29, 0.717) is 5.82 Å². The van der Waals surface area contributed by atoms with Gasteiger partial charge in [-0.3, -0.25) is 0 Å². The van der Waals surface area contributed by atoms with E-state index in [4.69, 9.17) is 15.2 Å². The van der Waals surface area contributed by atoms with Crippen LogP contribution >= 0.6 is 0 Å². The lowest BCUT2D eigenvalue weighted by molar-refractivity contribution is 0.174. The third-order valence-corrected chi connectivity index (χ3v) is 2.88. The summed E-state index contributed by atoms with van der Waals surface area (Å²) in [5, 5.41) is 8.00. The average Bonchev–Trinajstić information content (AvgIpc) is 2.97. The number of rotatable bonds is 3. The Morgan fingerprint density at radius 2 is 2.17 bits per heavy atom. The fourth-order valence-electron chi connectivity index (χ4n) is 2.01. The van der Waals surface area contributed by atoms with Crippen molar-refractivity contribution in [3.63, 3.8) is 0 Å². The lowest BCUT2D eigenvalue weighted by atomic mass is 10.2. The molecule has 2 aromatic rings. The second-order valence-corrected chi connectivity index (χ2v) is 4.12. The highest BCUT2D eigenvalue weighted by atomic mass is 16.7. The summed E-state index contributed by atoms with van der Waals surface area (Å²) < 4.78 is 12.4. The molecule has 0 spiro atoms. The third-order valence-electron chi connectivity index (χ3n) is 2.88. The van der Waals surface area contributed by atoms with Crippen molar-refractivity contribution in [1.82, 2.24) is 15.0 Å². The van der Waals surface area contributed by atoms with Gasteiger partial charge in [-0.25, -0.2) is 4.68 Å². The van der Waals surface area contributed by atoms with Crippen LogP contribution in [0.25, 0.3) is 5.69 Å². The van der Waals surface area contributed by atoms with Gasteiger partial charge in [0.1, 0.15) is 0 Å². The molecule has 0 saturated heterocycles. The van der Waals surface area contributed by atoms with Crippen LogP contribution in [0.5, 0.6) is 11.5 Å². The molecule has 1 aromatic carbocycles. The van der Waals surface area contributed by atoms with Crippen LogP contribution < -0.4 is 15.2 Å². The molecule has 0 unspecified atom stereocenters. The van der Waals surface area contributed by atoms with Gasteiger partial charge in [0.05, 0.1) is 11.4 Å². The Morgan fingerprint density at radius 1 is 1.33 bits per heavy atom. The van der Waals surface area contributed by atoms with Crippen LogP contribution in [0.2, 0.25) is 0 Å². The van der Waals surface area contributed by atoms with Gasteiger partial charge in [-0.15, -0.1) is 5.10 Å². The molecule has 0 fully saturated rings. The van der Waals surface area contributed by atoms with Crippen LogP contribution in [0.3, 0.4) is 0 Å². The Kier molecular flexibility index (Phi) is 2.55. The first-order chi connectivity index (χ1) is 8.79. The fourth-order valence-corrected chi connectivity index (χ4v) is 2.01. The Labute approximate surface area is 104 Å². The fraction of sp³-hybridized carbons (Fsp3) is 0.333. The van der Waals surface area contributed by atoms with E-state index in [-0.39, 0.29) is 6.79 Å². The summed E-state index contributed by atoms with van der Waals surface area (Å²) in [4.78, 5) is 0. The number of nitrogens with two attached hydrogens (primary N) is 1. The van der Waals surface area contributed by atoms with Crippen molar-refractivity contribution in [1.29, 1.82) is 0 Å². The predicted molar refractivity (Wildman–Crippen MR) is 65.9 cm³/mol. The largest absolute Gasteiger partial charge is 0.454 e. The van der Waals surface area contributed by atoms with E-state index in [9.17, 15) is 0 Å². The Balaban J connectivity index is 2.04. The summed E-state index contributed by atoms with van der Waals surface area (Å²) >= 11 is 0. The molecule has 1 aliphatic heterocycles. The second-order valence-electron chi connectivity index (χ2n) is 4.12. The van der Waals surface area contributed by atoms with Gasteiger partial charge in [0.15, 0.2) is 17.3 Å². The molecule has 3 rings (SSSR count). The zero-order chi connectivity index (χ0) is 12.5. The predicted octanol–water partition coefficient (Wildman–Crippen LogP) is 1.53. The maximum atomic E-state index is 5.83. The molecule has 6 heteroatoms. The summed E-state index contributed by atoms with van der Waals surface area (Å²) in [6.07, 6.45) is 1.83. The number of nitrogens with zero attached hydrogens (tertiary/aromatic N) is 3. The Bertz CT molecular complexity index is 579. The molecule has 0 radical (unpaired) electrons. The number of anilines is 1. The number of ether oxygens (including phenoxy) is 2. The first-order valence-corrected chi connectivity index (χ1v) is 5.89. The van der Waals surface area contributed by atoms with E-state index in [2.05, 4.69) is 17.2 Å². The van der Waals surface area contributed by atoms with Gasteiger partial charge < -0.3 is 15.2 Å². The molecule has 0 aliphatic carbocycles. The zero-order valence-corrected chi connectivity index (χ0v) is 10.1. The SMILES string of the molecule is CCCc1c(N)nnn1-c1ccc2c(c1)OCO2. The summed E-state index contributed by atoms with van der Waals surface area (Å²) in [6.45, 7) is 2.36. The van der Waals surface area contributed by atoms with Crippen molar-refractivity contribution in [2.24, 2.45) is 0 Å². The van der Waals surface area contributed by atoms with Crippen LogP contribution in [0.1, 0.15) is 19.0 Å². The van der Waals surface area contributed by atoms with Gasteiger partial charge >= 0.3 is 0 Å². The smallest absolute Gasteiger partial charge is 0.231 e. The van der Waals surface area contributed by atoms with E-state index in [1.807, 2.05) is 18.2 Å². The van der Waals surface area contributed by atoms with E-state index < -0.39 is 0 Å². The molecule has 1 aromatic heterocycles. The van der Waals surface area contributed by atoms with Gasteiger partial charge in [0.2, 0.25) is 6.79 Å². The lowest BCUT2D eigenvalue weighted by Gasteiger charge is -2.06. The molecular weight excluding hydrogens is 232 g/mol. The molecular formula is C12H14N4O2. The van der Waals surface area contributed by atoms with E-state index in [1.54, 1.807) is 4.68 Å². The van der Waals surface area contributed by atoms with Gasteiger partial charge in [-0.05, 0) is 18.6 Å². The van der Waals surface area contributed by atoms with Gasteiger partial charge in [-0.2, -0.15) is 0 Å². The van der Waals surface area contributed by atoms with Crippen LogP contribution in [-0.4, -0.2) is 21.8 Å². The van der Waals surface area contributed by atoms with E-state index in [1.165, 1.54) is 0 Å². The van der Waals surface area contributed by atoms with E-state index >= 15 is 0 Å². The van der Waals surface area contributed by atoms with Crippen molar-refractivity contribution in [2.75, 3.05) is 12.5 Å². The number of aromatic nitrogens is 3. The molecule has 2 heterocycles. The first-order valence-electron chi connectivity index (χ1n) is 5.89. The molecule has 0 amide bonds. The number of benzene rings is 1. The van der Waals surface area contributed by atoms with Gasteiger partial charge in [-0.1, -0.05) is 18.6 Å². The highest BCUT2D eigenvalue weighted by Gasteiger charge is 2.16.